The SMILES string of the molecule is C(=N\Nc1nc(-c2ccccc2)c(-c2ccccc2)s1)/c1ccco1. The molecule has 25 heavy (non-hydrogen) atoms. The minimum absolute atomic E-state index is 0.690. The Hall–Kier alpha value is -3.18. The first-order valence-electron chi connectivity index (χ1n) is 7.84. The highest BCUT2D eigenvalue weighted by molar-refractivity contribution is 7.19. The van der Waals surface area contributed by atoms with E-state index in [0.717, 1.165) is 26.8 Å². The number of hydrazone groups is 1. The van der Waals surface area contributed by atoms with Gasteiger partial charge in [0.15, 0.2) is 0 Å². The molecule has 0 spiro atoms. The zero-order valence-electron chi connectivity index (χ0n) is 13.3. The van der Waals surface area contributed by atoms with Gasteiger partial charge in [-0.25, -0.2) is 4.98 Å². The van der Waals surface area contributed by atoms with Crippen LogP contribution in [0.3, 0.4) is 0 Å². The van der Waals surface area contributed by atoms with Crippen molar-refractivity contribution in [1.29, 1.82) is 0 Å². The maximum atomic E-state index is 5.23. The van der Waals surface area contributed by atoms with Gasteiger partial charge in [-0.15, -0.1) is 0 Å². The van der Waals surface area contributed by atoms with Crippen LogP contribution in [0.2, 0.25) is 0 Å². The van der Waals surface area contributed by atoms with Crippen molar-refractivity contribution in [3.63, 3.8) is 0 Å². The lowest BCUT2D eigenvalue weighted by molar-refractivity contribution is 0.560. The average Bonchev–Trinajstić information content (AvgIpc) is 3.33. The van der Waals surface area contributed by atoms with Crippen LogP contribution in [0.5, 0.6) is 0 Å². The Bertz CT molecular complexity index is 904. The van der Waals surface area contributed by atoms with Crippen LogP contribution >= 0.6 is 11.3 Å². The topological polar surface area (TPSA) is 50.4 Å². The van der Waals surface area contributed by atoms with E-state index in [0.29, 0.717) is 5.76 Å². The lowest BCUT2D eigenvalue weighted by Crippen LogP contribution is -1.89. The number of rotatable bonds is 5. The number of hydrogen-bond acceptors (Lipinski definition) is 5. The molecule has 0 saturated heterocycles. The van der Waals surface area contributed by atoms with Crippen molar-refractivity contribution >= 4 is 22.7 Å². The van der Waals surface area contributed by atoms with Crippen molar-refractivity contribution in [3.05, 3.63) is 84.8 Å². The van der Waals surface area contributed by atoms with Gasteiger partial charge in [0.1, 0.15) is 5.76 Å². The second kappa shape index (κ2) is 7.15. The van der Waals surface area contributed by atoms with E-state index in [-0.39, 0.29) is 0 Å². The van der Waals surface area contributed by atoms with Crippen molar-refractivity contribution < 1.29 is 4.42 Å². The van der Waals surface area contributed by atoms with Gasteiger partial charge in [-0.1, -0.05) is 72.0 Å². The molecule has 0 aliphatic heterocycles. The number of anilines is 1. The Morgan fingerprint density at radius 3 is 2.28 bits per heavy atom. The van der Waals surface area contributed by atoms with Gasteiger partial charge in [-0.05, 0) is 17.7 Å². The molecule has 4 rings (SSSR count). The summed E-state index contributed by atoms with van der Waals surface area (Å²) < 4.78 is 5.23. The van der Waals surface area contributed by atoms with E-state index in [4.69, 9.17) is 9.40 Å². The average molecular weight is 345 g/mol. The largest absolute Gasteiger partial charge is 0.463 e. The Balaban J connectivity index is 1.68. The predicted molar refractivity (Wildman–Crippen MR) is 103 cm³/mol. The number of furan rings is 1. The van der Waals surface area contributed by atoms with Gasteiger partial charge in [0.25, 0.3) is 0 Å². The third-order valence-corrected chi connectivity index (χ3v) is 4.61. The molecule has 0 amide bonds. The number of nitrogens with one attached hydrogen (secondary N) is 1. The van der Waals surface area contributed by atoms with E-state index in [2.05, 4.69) is 34.8 Å². The van der Waals surface area contributed by atoms with Gasteiger partial charge in [0.05, 0.1) is 23.0 Å². The van der Waals surface area contributed by atoms with Crippen molar-refractivity contribution in [2.45, 2.75) is 0 Å². The molecule has 0 fully saturated rings. The number of benzene rings is 2. The van der Waals surface area contributed by atoms with E-state index in [1.54, 1.807) is 23.8 Å². The first-order chi connectivity index (χ1) is 12.4. The summed E-state index contributed by atoms with van der Waals surface area (Å²) in [6.07, 6.45) is 3.25. The van der Waals surface area contributed by atoms with E-state index in [9.17, 15) is 0 Å². The van der Waals surface area contributed by atoms with Gasteiger partial charge in [0, 0.05) is 5.56 Å². The third kappa shape index (κ3) is 3.51. The van der Waals surface area contributed by atoms with Gasteiger partial charge in [-0.3, -0.25) is 5.43 Å². The molecular formula is C20H15N3OS. The number of aromatic nitrogens is 1. The van der Waals surface area contributed by atoms with Gasteiger partial charge >= 0.3 is 0 Å². The van der Waals surface area contributed by atoms with Gasteiger partial charge < -0.3 is 4.42 Å². The maximum absolute atomic E-state index is 5.23. The quantitative estimate of drug-likeness (QED) is 0.383. The monoisotopic (exact) mass is 345 g/mol. The second-order valence-corrected chi connectivity index (χ2v) is 6.31. The summed E-state index contributed by atoms with van der Waals surface area (Å²) in [7, 11) is 0. The van der Waals surface area contributed by atoms with Gasteiger partial charge in [-0.2, -0.15) is 5.10 Å². The smallest absolute Gasteiger partial charge is 0.204 e. The second-order valence-electron chi connectivity index (χ2n) is 5.31. The molecule has 122 valence electrons. The zero-order valence-corrected chi connectivity index (χ0v) is 14.1. The number of nitrogens with zero attached hydrogens (tertiary/aromatic N) is 2. The molecule has 4 aromatic rings. The number of thiazole rings is 1. The molecule has 0 atom stereocenters. The molecule has 0 bridgehead atoms. The summed E-state index contributed by atoms with van der Waals surface area (Å²) in [5.74, 6) is 0.690. The zero-order chi connectivity index (χ0) is 16.9. The van der Waals surface area contributed by atoms with Crippen LogP contribution < -0.4 is 5.43 Å². The molecule has 0 radical (unpaired) electrons. The van der Waals surface area contributed by atoms with E-state index in [1.807, 2.05) is 48.5 Å². The van der Waals surface area contributed by atoms with Crippen LogP contribution in [0.15, 0.2) is 88.6 Å². The minimum Gasteiger partial charge on any atom is -0.463 e. The Kier molecular flexibility index (Phi) is 4.39. The lowest BCUT2D eigenvalue weighted by atomic mass is 10.1. The normalized spacial score (nSPS) is 11.0. The van der Waals surface area contributed by atoms with Crippen molar-refractivity contribution in [2.75, 3.05) is 5.43 Å². The van der Waals surface area contributed by atoms with Crippen molar-refractivity contribution in [1.82, 2.24) is 4.98 Å². The molecule has 2 heterocycles. The molecule has 0 unspecified atom stereocenters. The molecular weight excluding hydrogens is 330 g/mol. The van der Waals surface area contributed by atoms with Crippen LogP contribution in [-0.4, -0.2) is 11.2 Å². The lowest BCUT2D eigenvalue weighted by Gasteiger charge is -2.02. The third-order valence-electron chi connectivity index (χ3n) is 3.61. The summed E-state index contributed by atoms with van der Waals surface area (Å²) >= 11 is 1.58. The fraction of sp³-hybridized carbons (Fsp3) is 0. The summed E-state index contributed by atoms with van der Waals surface area (Å²) in [6, 6.07) is 24.1. The van der Waals surface area contributed by atoms with Crippen LogP contribution in [0.4, 0.5) is 5.13 Å². The molecule has 2 aromatic heterocycles. The fourth-order valence-corrected chi connectivity index (χ4v) is 3.40. The summed E-state index contributed by atoms with van der Waals surface area (Å²) in [6.45, 7) is 0. The highest BCUT2D eigenvalue weighted by Crippen LogP contribution is 2.38. The molecule has 1 N–H and O–H groups in total. The van der Waals surface area contributed by atoms with Crippen LogP contribution in [-0.2, 0) is 0 Å². The van der Waals surface area contributed by atoms with Crippen molar-refractivity contribution in [2.24, 2.45) is 5.10 Å². The van der Waals surface area contributed by atoms with Crippen LogP contribution in [0, 0.1) is 0 Å². The molecule has 0 saturated carbocycles. The fourth-order valence-electron chi connectivity index (χ4n) is 2.46. The summed E-state index contributed by atoms with van der Waals surface area (Å²) in [5.41, 5.74) is 6.18. The minimum atomic E-state index is 0.690. The van der Waals surface area contributed by atoms with Crippen molar-refractivity contribution in [3.8, 4) is 21.7 Å². The Morgan fingerprint density at radius 2 is 1.60 bits per heavy atom. The number of hydrogen-bond donors (Lipinski definition) is 1. The first kappa shape index (κ1) is 15.4. The molecule has 4 nitrogen and oxygen atoms in total. The standard InChI is InChI=1S/C20H15N3OS/c1-3-8-15(9-4-1)18-19(16-10-5-2-6-11-16)25-20(22-18)23-21-14-17-12-7-13-24-17/h1-14H,(H,22,23)/b21-14+. The highest BCUT2D eigenvalue weighted by Gasteiger charge is 2.14. The van der Waals surface area contributed by atoms with Gasteiger partial charge in [0.2, 0.25) is 5.13 Å². The van der Waals surface area contributed by atoms with E-state index in [1.165, 1.54) is 0 Å². The Labute approximate surface area is 149 Å². The first-order valence-corrected chi connectivity index (χ1v) is 8.66. The maximum Gasteiger partial charge on any atom is 0.204 e. The summed E-state index contributed by atoms with van der Waals surface area (Å²) in [4.78, 5) is 5.85. The van der Waals surface area contributed by atoms with E-state index >= 15 is 0 Å². The van der Waals surface area contributed by atoms with Crippen LogP contribution in [0.25, 0.3) is 21.7 Å². The molecule has 2 aromatic carbocycles. The van der Waals surface area contributed by atoms with Crippen LogP contribution in [0.1, 0.15) is 5.76 Å². The molecule has 0 aliphatic rings. The summed E-state index contributed by atoms with van der Waals surface area (Å²) in [5, 5.41) is 4.94. The van der Waals surface area contributed by atoms with E-state index < -0.39 is 0 Å². The molecule has 0 aliphatic carbocycles. The predicted octanol–water partition coefficient (Wildman–Crippen LogP) is 5.52. The Morgan fingerprint density at radius 1 is 0.880 bits per heavy atom. The molecule has 5 heteroatoms. The highest BCUT2D eigenvalue weighted by atomic mass is 32.1.